The van der Waals surface area contributed by atoms with Crippen LogP contribution < -0.4 is 10.6 Å². The molecule has 4 rings (SSSR count). The SMILES string of the molecule is c1ccc(CNc2cc(-c3ccccc3)nc(NCc3ccncc3)n2)cc1. The number of pyridine rings is 1. The molecule has 0 fully saturated rings. The van der Waals surface area contributed by atoms with Gasteiger partial charge in [0.15, 0.2) is 0 Å². The molecule has 2 N–H and O–H groups in total. The number of hydrogen-bond acceptors (Lipinski definition) is 5. The molecule has 0 unspecified atom stereocenters. The van der Waals surface area contributed by atoms with E-state index in [0.717, 1.165) is 22.6 Å². The molecule has 2 aromatic carbocycles. The Hall–Kier alpha value is -3.73. The van der Waals surface area contributed by atoms with Gasteiger partial charge in [0.05, 0.1) is 5.69 Å². The second kappa shape index (κ2) is 8.77. The van der Waals surface area contributed by atoms with Crippen LogP contribution in [0, 0.1) is 0 Å². The maximum absolute atomic E-state index is 4.70. The molecule has 0 saturated carbocycles. The highest BCUT2D eigenvalue weighted by molar-refractivity contribution is 5.64. The maximum Gasteiger partial charge on any atom is 0.225 e. The molecular weight excluding hydrogens is 346 g/mol. The van der Waals surface area contributed by atoms with Gasteiger partial charge in [-0.15, -0.1) is 0 Å². The summed E-state index contributed by atoms with van der Waals surface area (Å²) in [4.78, 5) is 13.4. The van der Waals surface area contributed by atoms with E-state index in [1.807, 2.05) is 54.6 Å². The minimum atomic E-state index is 0.591. The summed E-state index contributed by atoms with van der Waals surface area (Å²) in [5.41, 5.74) is 4.26. The number of nitrogens with one attached hydrogen (secondary N) is 2. The fourth-order valence-corrected chi connectivity index (χ4v) is 2.84. The average molecular weight is 367 g/mol. The third-order valence-electron chi connectivity index (χ3n) is 4.31. The lowest BCUT2D eigenvalue weighted by Crippen LogP contribution is -2.08. The highest BCUT2D eigenvalue weighted by atomic mass is 15.1. The monoisotopic (exact) mass is 367 g/mol. The second-order valence-electron chi connectivity index (χ2n) is 6.38. The first kappa shape index (κ1) is 17.7. The summed E-state index contributed by atoms with van der Waals surface area (Å²) in [5, 5.41) is 6.73. The molecule has 5 nitrogen and oxygen atoms in total. The molecule has 0 radical (unpaired) electrons. The van der Waals surface area contributed by atoms with Gasteiger partial charge in [0.1, 0.15) is 5.82 Å². The number of anilines is 2. The number of hydrogen-bond donors (Lipinski definition) is 2. The molecule has 0 amide bonds. The van der Waals surface area contributed by atoms with E-state index in [4.69, 9.17) is 4.98 Å². The molecule has 4 aromatic rings. The van der Waals surface area contributed by atoms with Gasteiger partial charge in [0.25, 0.3) is 0 Å². The van der Waals surface area contributed by atoms with Crippen molar-refractivity contribution >= 4 is 11.8 Å². The number of aromatic nitrogens is 3. The van der Waals surface area contributed by atoms with Crippen molar-refractivity contribution in [2.45, 2.75) is 13.1 Å². The zero-order chi connectivity index (χ0) is 19.0. The molecule has 28 heavy (non-hydrogen) atoms. The lowest BCUT2D eigenvalue weighted by Gasteiger charge is -2.12. The van der Waals surface area contributed by atoms with Crippen LogP contribution in [0.2, 0.25) is 0 Å². The molecule has 5 heteroatoms. The summed E-state index contributed by atoms with van der Waals surface area (Å²) in [6, 6.07) is 26.3. The molecule has 0 atom stereocenters. The van der Waals surface area contributed by atoms with Crippen molar-refractivity contribution in [2.24, 2.45) is 0 Å². The Kier molecular flexibility index (Phi) is 5.54. The predicted molar refractivity (Wildman–Crippen MR) is 113 cm³/mol. The van der Waals surface area contributed by atoms with Crippen molar-refractivity contribution < 1.29 is 0 Å². The summed E-state index contributed by atoms with van der Waals surface area (Å²) in [6.07, 6.45) is 3.57. The summed E-state index contributed by atoms with van der Waals surface area (Å²) < 4.78 is 0. The molecule has 0 aliphatic heterocycles. The van der Waals surface area contributed by atoms with Gasteiger partial charge in [-0.1, -0.05) is 60.7 Å². The van der Waals surface area contributed by atoms with Crippen LogP contribution in [0.5, 0.6) is 0 Å². The molecule has 0 saturated heterocycles. The van der Waals surface area contributed by atoms with Crippen LogP contribution >= 0.6 is 0 Å². The fourth-order valence-electron chi connectivity index (χ4n) is 2.84. The largest absolute Gasteiger partial charge is 0.366 e. The van der Waals surface area contributed by atoms with Crippen molar-refractivity contribution in [3.8, 4) is 11.3 Å². The van der Waals surface area contributed by atoms with Gasteiger partial charge in [-0.05, 0) is 23.3 Å². The third-order valence-corrected chi connectivity index (χ3v) is 4.31. The summed E-state index contributed by atoms with van der Waals surface area (Å²) in [7, 11) is 0. The van der Waals surface area contributed by atoms with Gasteiger partial charge in [-0.3, -0.25) is 4.98 Å². The van der Waals surface area contributed by atoms with Gasteiger partial charge >= 0.3 is 0 Å². The van der Waals surface area contributed by atoms with Crippen molar-refractivity contribution in [1.29, 1.82) is 0 Å². The van der Waals surface area contributed by atoms with E-state index < -0.39 is 0 Å². The summed E-state index contributed by atoms with van der Waals surface area (Å²) in [5.74, 6) is 1.38. The molecule has 2 heterocycles. The lowest BCUT2D eigenvalue weighted by molar-refractivity contribution is 1.03. The fraction of sp³-hybridized carbons (Fsp3) is 0.0870. The standard InChI is InChI=1S/C23H21N5/c1-3-7-18(8-4-1)16-25-22-15-21(20-9-5-2-6-10-20)27-23(28-22)26-17-19-11-13-24-14-12-19/h1-15H,16-17H2,(H2,25,26,27,28). The molecule has 2 aromatic heterocycles. The third kappa shape index (κ3) is 4.71. The van der Waals surface area contributed by atoms with Crippen LogP contribution in [0.3, 0.4) is 0 Å². The summed E-state index contributed by atoms with van der Waals surface area (Å²) in [6.45, 7) is 1.34. The second-order valence-corrected chi connectivity index (χ2v) is 6.38. The Morgan fingerprint density at radius 2 is 1.29 bits per heavy atom. The lowest BCUT2D eigenvalue weighted by atomic mass is 10.1. The number of rotatable bonds is 7. The topological polar surface area (TPSA) is 62.7 Å². The van der Waals surface area contributed by atoms with E-state index in [0.29, 0.717) is 19.0 Å². The average Bonchev–Trinajstić information content (AvgIpc) is 2.78. The smallest absolute Gasteiger partial charge is 0.225 e. The molecule has 0 aliphatic rings. The van der Waals surface area contributed by atoms with Crippen molar-refractivity contribution in [3.63, 3.8) is 0 Å². The van der Waals surface area contributed by atoms with E-state index in [2.05, 4.69) is 44.9 Å². The van der Waals surface area contributed by atoms with Crippen LogP contribution in [-0.4, -0.2) is 15.0 Å². The molecule has 138 valence electrons. The van der Waals surface area contributed by atoms with Crippen LogP contribution in [0.1, 0.15) is 11.1 Å². The highest BCUT2D eigenvalue weighted by Gasteiger charge is 2.07. The van der Waals surface area contributed by atoms with Crippen molar-refractivity contribution in [2.75, 3.05) is 10.6 Å². The van der Waals surface area contributed by atoms with Crippen LogP contribution in [-0.2, 0) is 13.1 Å². The van der Waals surface area contributed by atoms with Crippen LogP contribution in [0.25, 0.3) is 11.3 Å². The number of benzene rings is 2. The first-order chi connectivity index (χ1) is 13.9. The Morgan fingerprint density at radius 1 is 0.643 bits per heavy atom. The van der Waals surface area contributed by atoms with Gasteiger partial charge in [0.2, 0.25) is 5.95 Å². The quantitative estimate of drug-likeness (QED) is 0.493. The maximum atomic E-state index is 4.70. The van der Waals surface area contributed by atoms with E-state index in [9.17, 15) is 0 Å². The predicted octanol–water partition coefficient (Wildman–Crippen LogP) is 4.76. The molecule has 0 aliphatic carbocycles. The first-order valence-electron chi connectivity index (χ1n) is 9.22. The Morgan fingerprint density at radius 3 is 2.04 bits per heavy atom. The van der Waals surface area contributed by atoms with E-state index in [1.165, 1.54) is 5.56 Å². The Bertz CT molecular complexity index is 943. The molecule has 0 bridgehead atoms. The summed E-state index contributed by atoms with van der Waals surface area (Å²) >= 11 is 0. The first-order valence-corrected chi connectivity index (χ1v) is 9.22. The van der Waals surface area contributed by atoms with Crippen LogP contribution in [0.4, 0.5) is 11.8 Å². The van der Waals surface area contributed by atoms with E-state index in [1.54, 1.807) is 12.4 Å². The Labute approximate surface area is 164 Å². The zero-order valence-corrected chi connectivity index (χ0v) is 15.4. The van der Waals surface area contributed by atoms with E-state index >= 15 is 0 Å². The van der Waals surface area contributed by atoms with Crippen molar-refractivity contribution in [3.05, 3.63) is 102 Å². The molecular formula is C23H21N5. The van der Waals surface area contributed by atoms with Gasteiger partial charge in [0, 0.05) is 37.1 Å². The highest BCUT2D eigenvalue weighted by Crippen LogP contribution is 2.22. The van der Waals surface area contributed by atoms with Crippen LogP contribution in [0.15, 0.2) is 91.3 Å². The van der Waals surface area contributed by atoms with Crippen molar-refractivity contribution in [1.82, 2.24) is 15.0 Å². The molecule has 0 spiro atoms. The van der Waals surface area contributed by atoms with E-state index in [-0.39, 0.29) is 0 Å². The Balaban J connectivity index is 1.57. The zero-order valence-electron chi connectivity index (χ0n) is 15.4. The minimum Gasteiger partial charge on any atom is -0.366 e. The van der Waals surface area contributed by atoms with Gasteiger partial charge in [-0.2, -0.15) is 4.98 Å². The minimum absolute atomic E-state index is 0.591. The normalized spacial score (nSPS) is 10.4. The van der Waals surface area contributed by atoms with Gasteiger partial charge < -0.3 is 10.6 Å². The number of nitrogens with zero attached hydrogens (tertiary/aromatic N) is 3. The van der Waals surface area contributed by atoms with Gasteiger partial charge in [-0.25, -0.2) is 4.98 Å².